The lowest BCUT2D eigenvalue weighted by Crippen LogP contribution is -2.21. The molecule has 6 nitrogen and oxygen atoms in total. The number of methoxy groups -OCH3 is 1. The molecule has 0 spiro atoms. The molecule has 140 valence electrons. The molecule has 0 aliphatic carbocycles. The van der Waals surface area contributed by atoms with Crippen LogP contribution < -0.4 is 10.1 Å². The zero-order chi connectivity index (χ0) is 19.4. The quantitative estimate of drug-likeness (QED) is 0.706. The molecule has 1 atom stereocenters. The first kappa shape index (κ1) is 18.8. The Bertz CT molecular complexity index is 969. The van der Waals surface area contributed by atoms with Gasteiger partial charge in [0.25, 0.3) is 0 Å². The van der Waals surface area contributed by atoms with Crippen LogP contribution in [-0.2, 0) is 22.6 Å². The number of nitrogens with zero attached hydrogens (tertiary/aromatic N) is 2. The second-order valence-electron chi connectivity index (χ2n) is 5.76. The van der Waals surface area contributed by atoms with Crippen LogP contribution in [0.15, 0.2) is 59.9 Å². The summed E-state index contributed by atoms with van der Waals surface area (Å²) in [5.41, 5.74) is 2.11. The molecule has 1 aromatic heterocycles. The fourth-order valence-corrected chi connectivity index (χ4v) is 3.56. The van der Waals surface area contributed by atoms with Crippen molar-refractivity contribution in [1.82, 2.24) is 9.55 Å². The molecular formula is C19H18FN3O3S. The number of carbonyl (C=O) groups excluding carboxylic acids is 1. The normalized spacial score (nSPS) is 11.8. The standard InChI is InChI=1S/C19H18FN3O3S/c1-23-17(13-3-9-16(26-2)10-4-13)11-21-19(23)27(25)12-18(24)22-15-7-5-14(20)6-8-15/h3-11H,12H2,1-2H3,(H,22,24)/t27-/m0/s1. The molecule has 1 amide bonds. The molecule has 0 fully saturated rings. The monoisotopic (exact) mass is 387 g/mol. The van der Waals surface area contributed by atoms with Crippen LogP contribution in [0.2, 0.25) is 0 Å². The van der Waals surface area contributed by atoms with Gasteiger partial charge in [-0.1, -0.05) is 0 Å². The van der Waals surface area contributed by atoms with E-state index in [9.17, 15) is 13.4 Å². The van der Waals surface area contributed by atoms with Crippen molar-refractivity contribution in [3.63, 3.8) is 0 Å². The summed E-state index contributed by atoms with van der Waals surface area (Å²) < 4.78 is 32.3. The Morgan fingerprint density at radius 3 is 2.48 bits per heavy atom. The topological polar surface area (TPSA) is 73.2 Å². The number of hydrogen-bond acceptors (Lipinski definition) is 4. The number of aromatic nitrogens is 2. The summed E-state index contributed by atoms with van der Waals surface area (Å²) in [6.45, 7) is 0. The van der Waals surface area contributed by atoms with Gasteiger partial charge in [0.1, 0.15) is 17.3 Å². The number of imidazole rings is 1. The van der Waals surface area contributed by atoms with Gasteiger partial charge in [0.15, 0.2) is 5.16 Å². The number of ether oxygens (including phenoxy) is 1. The lowest BCUT2D eigenvalue weighted by atomic mass is 10.1. The Kier molecular flexibility index (Phi) is 5.66. The SMILES string of the molecule is COc1ccc(-c2cnc([S@@](=O)CC(=O)Nc3ccc(F)cc3)n2C)cc1. The first-order valence-electron chi connectivity index (χ1n) is 8.08. The van der Waals surface area contributed by atoms with Gasteiger partial charge < -0.3 is 14.6 Å². The molecule has 0 saturated carbocycles. The Morgan fingerprint density at radius 1 is 1.19 bits per heavy atom. The highest BCUT2D eigenvalue weighted by Crippen LogP contribution is 2.23. The highest BCUT2D eigenvalue weighted by Gasteiger charge is 2.17. The molecule has 3 rings (SSSR count). The van der Waals surface area contributed by atoms with E-state index in [2.05, 4.69) is 10.3 Å². The van der Waals surface area contributed by atoms with Gasteiger partial charge >= 0.3 is 0 Å². The van der Waals surface area contributed by atoms with Crippen molar-refractivity contribution in [3.8, 4) is 17.0 Å². The number of rotatable bonds is 6. The molecule has 0 radical (unpaired) electrons. The molecule has 0 aliphatic rings. The molecule has 3 aromatic rings. The predicted octanol–water partition coefficient (Wildman–Crippen LogP) is 2.98. The second kappa shape index (κ2) is 8.13. The van der Waals surface area contributed by atoms with Gasteiger partial charge in [-0.2, -0.15) is 0 Å². The van der Waals surface area contributed by atoms with Gasteiger partial charge in [-0.15, -0.1) is 0 Å². The summed E-state index contributed by atoms with van der Waals surface area (Å²) in [5, 5.41) is 2.89. The van der Waals surface area contributed by atoms with E-state index < -0.39 is 22.5 Å². The van der Waals surface area contributed by atoms with Crippen LogP contribution in [0, 0.1) is 5.82 Å². The first-order chi connectivity index (χ1) is 13.0. The number of amides is 1. The lowest BCUT2D eigenvalue weighted by Gasteiger charge is -2.08. The Balaban J connectivity index is 1.70. The highest BCUT2D eigenvalue weighted by atomic mass is 32.2. The van der Waals surface area contributed by atoms with E-state index in [1.54, 1.807) is 24.9 Å². The zero-order valence-electron chi connectivity index (χ0n) is 14.8. The van der Waals surface area contributed by atoms with E-state index in [0.717, 1.165) is 17.0 Å². The minimum atomic E-state index is -1.62. The maximum Gasteiger partial charge on any atom is 0.237 e. The van der Waals surface area contributed by atoms with E-state index in [0.29, 0.717) is 10.8 Å². The largest absolute Gasteiger partial charge is 0.497 e. The molecule has 0 aliphatic heterocycles. The van der Waals surface area contributed by atoms with Crippen molar-refractivity contribution in [2.75, 3.05) is 18.2 Å². The van der Waals surface area contributed by atoms with Crippen LogP contribution in [0.25, 0.3) is 11.3 Å². The van der Waals surface area contributed by atoms with E-state index in [1.807, 2.05) is 24.3 Å². The van der Waals surface area contributed by atoms with Crippen LogP contribution in [0.1, 0.15) is 0 Å². The Morgan fingerprint density at radius 2 is 1.85 bits per heavy atom. The molecule has 27 heavy (non-hydrogen) atoms. The van der Waals surface area contributed by atoms with Crippen molar-refractivity contribution in [2.24, 2.45) is 7.05 Å². The molecule has 0 bridgehead atoms. The van der Waals surface area contributed by atoms with Crippen molar-refractivity contribution >= 4 is 22.4 Å². The minimum Gasteiger partial charge on any atom is -0.497 e. The summed E-state index contributed by atoms with van der Waals surface area (Å²) in [5.74, 6) is -0.337. The molecule has 1 heterocycles. The summed E-state index contributed by atoms with van der Waals surface area (Å²) in [6.07, 6.45) is 1.62. The summed E-state index contributed by atoms with van der Waals surface area (Å²) in [7, 11) is 1.72. The second-order valence-corrected chi connectivity index (χ2v) is 7.10. The molecule has 0 unspecified atom stereocenters. The number of carbonyl (C=O) groups is 1. The Hall–Kier alpha value is -3.00. The molecule has 1 N–H and O–H groups in total. The molecule has 8 heteroatoms. The van der Waals surface area contributed by atoms with Crippen LogP contribution >= 0.6 is 0 Å². The van der Waals surface area contributed by atoms with Gasteiger partial charge in [0, 0.05) is 18.3 Å². The molecule has 2 aromatic carbocycles. The number of anilines is 1. The van der Waals surface area contributed by atoms with Crippen LogP contribution in [-0.4, -0.2) is 32.5 Å². The average molecular weight is 387 g/mol. The number of benzene rings is 2. The van der Waals surface area contributed by atoms with Crippen LogP contribution in [0.5, 0.6) is 5.75 Å². The van der Waals surface area contributed by atoms with Crippen molar-refractivity contribution < 1.29 is 18.1 Å². The van der Waals surface area contributed by atoms with Gasteiger partial charge in [-0.25, -0.2) is 9.37 Å². The fourth-order valence-electron chi connectivity index (χ4n) is 2.55. The van der Waals surface area contributed by atoms with Gasteiger partial charge in [0.05, 0.1) is 29.8 Å². The minimum absolute atomic E-state index is 0.246. The predicted molar refractivity (Wildman–Crippen MR) is 102 cm³/mol. The van der Waals surface area contributed by atoms with E-state index in [4.69, 9.17) is 4.74 Å². The first-order valence-corrected chi connectivity index (χ1v) is 9.40. The summed E-state index contributed by atoms with van der Waals surface area (Å²) >= 11 is 0. The number of hydrogen-bond donors (Lipinski definition) is 1. The van der Waals surface area contributed by atoms with Gasteiger partial charge in [-0.05, 0) is 48.5 Å². The summed E-state index contributed by atoms with van der Waals surface area (Å²) in [6, 6.07) is 12.8. The zero-order valence-corrected chi connectivity index (χ0v) is 15.6. The van der Waals surface area contributed by atoms with Crippen LogP contribution in [0.4, 0.5) is 10.1 Å². The van der Waals surface area contributed by atoms with Crippen LogP contribution in [0.3, 0.4) is 0 Å². The average Bonchev–Trinajstić information content (AvgIpc) is 3.05. The Labute approximate surface area is 158 Å². The maximum atomic E-state index is 12.9. The van der Waals surface area contributed by atoms with Crippen molar-refractivity contribution in [1.29, 1.82) is 0 Å². The fraction of sp³-hybridized carbons (Fsp3) is 0.158. The van der Waals surface area contributed by atoms with E-state index in [-0.39, 0.29) is 5.75 Å². The van der Waals surface area contributed by atoms with E-state index in [1.165, 1.54) is 24.3 Å². The van der Waals surface area contributed by atoms with Gasteiger partial charge in [-0.3, -0.25) is 9.00 Å². The summed E-state index contributed by atoms with van der Waals surface area (Å²) in [4.78, 5) is 16.3. The maximum absolute atomic E-state index is 12.9. The number of halogens is 1. The molecular weight excluding hydrogens is 369 g/mol. The third-order valence-corrected chi connectivity index (χ3v) is 5.24. The number of nitrogens with one attached hydrogen (secondary N) is 1. The van der Waals surface area contributed by atoms with Gasteiger partial charge in [0.2, 0.25) is 5.91 Å². The van der Waals surface area contributed by atoms with Crippen molar-refractivity contribution in [3.05, 3.63) is 60.5 Å². The highest BCUT2D eigenvalue weighted by molar-refractivity contribution is 7.85. The molecule has 0 saturated heterocycles. The van der Waals surface area contributed by atoms with E-state index >= 15 is 0 Å². The van der Waals surface area contributed by atoms with Crippen molar-refractivity contribution in [2.45, 2.75) is 5.16 Å². The lowest BCUT2D eigenvalue weighted by molar-refractivity contribution is -0.113. The third kappa shape index (κ3) is 4.40. The third-order valence-electron chi connectivity index (χ3n) is 3.93. The smallest absolute Gasteiger partial charge is 0.237 e.